The molecule has 1 N–H and O–H groups in total. The molecule has 0 aliphatic carbocycles. The highest BCUT2D eigenvalue weighted by Gasteiger charge is 2.19. The lowest BCUT2D eigenvalue weighted by Crippen LogP contribution is -2.47. The molecule has 0 aromatic carbocycles. The predicted molar refractivity (Wildman–Crippen MR) is 87.4 cm³/mol. The molecule has 1 aromatic rings. The molecule has 21 heavy (non-hydrogen) atoms. The third-order valence-electron chi connectivity index (χ3n) is 2.98. The molecule has 0 radical (unpaired) electrons. The number of carbonyl (C=O) groups excluding carboxylic acids is 2. The van der Waals surface area contributed by atoms with E-state index in [9.17, 15) is 9.59 Å². The Labute approximate surface area is 131 Å². The van der Waals surface area contributed by atoms with Crippen molar-refractivity contribution in [2.24, 2.45) is 0 Å². The molecule has 0 spiro atoms. The molecule has 0 atom stereocenters. The molecule has 0 aliphatic heterocycles. The van der Waals surface area contributed by atoms with Crippen LogP contribution in [0.5, 0.6) is 0 Å². The predicted octanol–water partition coefficient (Wildman–Crippen LogP) is 2.83. The number of aryl methyl sites for hydroxylation is 1. The van der Waals surface area contributed by atoms with Gasteiger partial charge in [-0.3, -0.25) is 9.59 Å². The van der Waals surface area contributed by atoms with Crippen molar-refractivity contribution >= 4 is 23.2 Å². The standard InChI is InChI=1S/C16H26N2O2S/c1-5-18(12-14(19)17-16(2,3)4)15(20)10-6-8-13-9-7-11-21-13/h7,9,11H,5-6,8,10,12H2,1-4H3,(H,17,19). The molecule has 1 aromatic heterocycles. The van der Waals surface area contributed by atoms with Gasteiger partial charge in [-0.2, -0.15) is 0 Å². The lowest BCUT2D eigenvalue weighted by molar-refractivity contribution is -0.136. The Morgan fingerprint density at radius 2 is 2.05 bits per heavy atom. The minimum Gasteiger partial charge on any atom is -0.350 e. The van der Waals surface area contributed by atoms with E-state index in [1.54, 1.807) is 16.2 Å². The van der Waals surface area contributed by atoms with Crippen molar-refractivity contribution in [1.29, 1.82) is 0 Å². The Kier molecular flexibility index (Phi) is 6.89. The summed E-state index contributed by atoms with van der Waals surface area (Å²) in [4.78, 5) is 27.0. The maximum Gasteiger partial charge on any atom is 0.240 e. The van der Waals surface area contributed by atoms with Crippen molar-refractivity contribution in [3.63, 3.8) is 0 Å². The fourth-order valence-electron chi connectivity index (χ4n) is 2.03. The first-order valence-electron chi connectivity index (χ1n) is 7.43. The van der Waals surface area contributed by atoms with E-state index in [2.05, 4.69) is 11.4 Å². The van der Waals surface area contributed by atoms with E-state index < -0.39 is 0 Å². The molecule has 0 fully saturated rings. The van der Waals surface area contributed by atoms with Gasteiger partial charge in [-0.05, 0) is 52.0 Å². The second-order valence-electron chi connectivity index (χ2n) is 6.14. The van der Waals surface area contributed by atoms with Gasteiger partial charge in [0, 0.05) is 23.4 Å². The summed E-state index contributed by atoms with van der Waals surface area (Å²) >= 11 is 1.72. The third-order valence-corrected chi connectivity index (χ3v) is 3.91. The number of thiophene rings is 1. The van der Waals surface area contributed by atoms with Crippen LogP contribution >= 0.6 is 11.3 Å². The summed E-state index contributed by atoms with van der Waals surface area (Å²) in [5.74, 6) is -0.0472. The van der Waals surface area contributed by atoms with Crippen molar-refractivity contribution in [1.82, 2.24) is 10.2 Å². The number of nitrogens with zero attached hydrogens (tertiary/aromatic N) is 1. The molecule has 0 unspecified atom stereocenters. The van der Waals surface area contributed by atoms with Gasteiger partial charge in [0.2, 0.25) is 11.8 Å². The van der Waals surface area contributed by atoms with E-state index in [-0.39, 0.29) is 23.9 Å². The number of likely N-dealkylation sites (N-methyl/N-ethyl adjacent to an activating group) is 1. The topological polar surface area (TPSA) is 49.4 Å². The third kappa shape index (κ3) is 7.27. The van der Waals surface area contributed by atoms with Crippen LogP contribution in [0.1, 0.15) is 45.4 Å². The molecular weight excluding hydrogens is 284 g/mol. The van der Waals surface area contributed by atoms with Crippen molar-refractivity contribution < 1.29 is 9.59 Å². The van der Waals surface area contributed by atoms with E-state index in [4.69, 9.17) is 0 Å². The van der Waals surface area contributed by atoms with E-state index in [0.717, 1.165) is 12.8 Å². The van der Waals surface area contributed by atoms with Crippen LogP contribution in [0, 0.1) is 0 Å². The summed E-state index contributed by atoms with van der Waals surface area (Å²) in [6.45, 7) is 8.42. The molecule has 0 saturated heterocycles. The molecule has 1 heterocycles. The Hall–Kier alpha value is -1.36. The van der Waals surface area contributed by atoms with Crippen molar-refractivity contribution in [3.05, 3.63) is 22.4 Å². The van der Waals surface area contributed by atoms with Crippen LogP contribution in [0.15, 0.2) is 17.5 Å². The van der Waals surface area contributed by atoms with Crippen LogP contribution in [0.3, 0.4) is 0 Å². The summed E-state index contributed by atoms with van der Waals surface area (Å²) in [5, 5.41) is 4.93. The summed E-state index contributed by atoms with van der Waals surface area (Å²) in [5.41, 5.74) is -0.265. The van der Waals surface area contributed by atoms with Crippen molar-refractivity contribution in [3.8, 4) is 0 Å². The Morgan fingerprint density at radius 1 is 1.33 bits per heavy atom. The molecular formula is C16H26N2O2S. The van der Waals surface area contributed by atoms with Gasteiger partial charge in [0.15, 0.2) is 0 Å². The van der Waals surface area contributed by atoms with E-state index in [1.165, 1.54) is 4.88 Å². The Balaban J connectivity index is 2.36. The SMILES string of the molecule is CCN(CC(=O)NC(C)(C)C)C(=O)CCCc1cccs1. The largest absolute Gasteiger partial charge is 0.350 e. The van der Waals surface area contributed by atoms with Crippen molar-refractivity contribution in [2.45, 2.75) is 52.5 Å². The van der Waals surface area contributed by atoms with E-state index in [0.29, 0.717) is 13.0 Å². The highest BCUT2D eigenvalue weighted by Crippen LogP contribution is 2.12. The first kappa shape index (κ1) is 17.7. The van der Waals surface area contributed by atoms with Crippen LogP contribution in [0.25, 0.3) is 0 Å². The summed E-state index contributed by atoms with van der Waals surface area (Å²) < 4.78 is 0. The maximum absolute atomic E-state index is 12.2. The Morgan fingerprint density at radius 3 is 2.57 bits per heavy atom. The number of rotatable bonds is 7. The highest BCUT2D eigenvalue weighted by molar-refractivity contribution is 7.09. The molecule has 0 aliphatic rings. The fraction of sp³-hybridized carbons (Fsp3) is 0.625. The molecule has 2 amide bonds. The van der Waals surface area contributed by atoms with Crippen LogP contribution in [0.4, 0.5) is 0 Å². The molecule has 118 valence electrons. The molecule has 4 nitrogen and oxygen atoms in total. The molecule has 1 rings (SSSR count). The lowest BCUT2D eigenvalue weighted by Gasteiger charge is -2.25. The van der Waals surface area contributed by atoms with Gasteiger partial charge < -0.3 is 10.2 Å². The van der Waals surface area contributed by atoms with Gasteiger partial charge in [0.05, 0.1) is 6.54 Å². The number of carbonyl (C=O) groups is 2. The number of amides is 2. The minimum absolute atomic E-state index is 0.0538. The maximum atomic E-state index is 12.2. The van der Waals surface area contributed by atoms with E-state index in [1.807, 2.05) is 39.1 Å². The quantitative estimate of drug-likeness (QED) is 0.842. The molecule has 0 bridgehead atoms. The zero-order valence-corrected chi connectivity index (χ0v) is 14.3. The van der Waals surface area contributed by atoms with Crippen LogP contribution in [-0.2, 0) is 16.0 Å². The Bertz CT molecular complexity index is 449. The lowest BCUT2D eigenvalue weighted by atomic mass is 10.1. The van der Waals surface area contributed by atoms with E-state index >= 15 is 0 Å². The molecule has 5 heteroatoms. The number of hydrogen-bond acceptors (Lipinski definition) is 3. The monoisotopic (exact) mass is 310 g/mol. The molecule has 0 saturated carbocycles. The number of nitrogens with one attached hydrogen (secondary N) is 1. The highest BCUT2D eigenvalue weighted by atomic mass is 32.1. The van der Waals surface area contributed by atoms with Gasteiger partial charge in [-0.1, -0.05) is 6.07 Å². The van der Waals surface area contributed by atoms with Crippen LogP contribution in [-0.4, -0.2) is 35.3 Å². The van der Waals surface area contributed by atoms with Crippen molar-refractivity contribution in [2.75, 3.05) is 13.1 Å². The van der Waals surface area contributed by atoms with Gasteiger partial charge in [0.25, 0.3) is 0 Å². The average Bonchev–Trinajstić information content (AvgIpc) is 2.86. The number of hydrogen-bond donors (Lipinski definition) is 1. The smallest absolute Gasteiger partial charge is 0.240 e. The summed E-state index contributed by atoms with van der Waals surface area (Å²) in [7, 11) is 0. The van der Waals surface area contributed by atoms with Crippen LogP contribution < -0.4 is 5.32 Å². The second-order valence-corrected chi connectivity index (χ2v) is 7.17. The first-order chi connectivity index (χ1) is 9.81. The van der Waals surface area contributed by atoms with Crippen LogP contribution in [0.2, 0.25) is 0 Å². The normalized spacial score (nSPS) is 11.2. The zero-order valence-electron chi connectivity index (χ0n) is 13.4. The fourth-order valence-corrected chi connectivity index (χ4v) is 2.79. The first-order valence-corrected chi connectivity index (χ1v) is 8.31. The average molecular weight is 310 g/mol. The van der Waals surface area contributed by atoms with Gasteiger partial charge in [-0.25, -0.2) is 0 Å². The summed E-state index contributed by atoms with van der Waals surface area (Å²) in [6.07, 6.45) is 2.25. The van der Waals surface area contributed by atoms with Gasteiger partial charge in [-0.15, -0.1) is 11.3 Å². The van der Waals surface area contributed by atoms with Gasteiger partial charge in [0.1, 0.15) is 0 Å². The zero-order chi connectivity index (χ0) is 15.9. The summed E-state index contributed by atoms with van der Waals surface area (Å²) in [6, 6.07) is 4.11. The second kappa shape index (κ2) is 8.17. The van der Waals surface area contributed by atoms with Gasteiger partial charge >= 0.3 is 0 Å². The minimum atomic E-state index is -0.265.